The summed E-state index contributed by atoms with van der Waals surface area (Å²) in [5.74, 6) is 2.35. The Bertz CT molecular complexity index is 951. The van der Waals surface area contributed by atoms with Crippen molar-refractivity contribution in [3.63, 3.8) is 0 Å². The third-order valence-electron chi connectivity index (χ3n) is 11.3. The number of rotatable bonds is 6. The van der Waals surface area contributed by atoms with Gasteiger partial charge in [0, 0.05) is 25.7 Å². The minimum Gasteiger partial charge on any atom is -0.462 e. The molecule has 0 amide bonds. The standard InChI is InChI=1S/C32H50O5/c1-19(2)20(3)9-10-21(4)26-11-12-27-25-17-29(37-23(6)34)32(35)18-24(36-22(5)33)13-16-31(32,8)28(25)14-15-30(26,27)7/h9-10,17,19-21,24,26-29,35H,11-16,18H2,1-8H3/b10-9+/t20-,21+,24+,26+,27+,28+,29-,30-,31-,32-/m0/s1. The number of hydrogen-bond donors (Lipinski definition) is 1. The molecule has 0 spiro atoms. The van der Waals surface area contributed by atoms with Crippen LogP contribution in [0.25, 0.3) is 0 Å². The molecule has 0 aromatic carbocycles. The largest absolute Gasteiger partial charge is 0.462 e. The quantitative estimate of drug-likeness (QED) is 0.318. The van der Waals surface area contributed by atoms with E-state index in [0.29, 0.717) is 36.0 Å². The lowest BCUT2D eigenvalue weighted by Crippen LogP contribution is -2.66. The van der Waals surface area contributed by atoms with Gasteiger partial charge in [-0.2, -0.15) is 0 Å². The molecule has 0 bridgehead atoms. The van der Waals surface area contributed by atoms with E-state index in [1.807, 2.05) is 0 Å². The number of allylic oxidation sites excluding steroid dienone is 3. The van der Waals surface area contributed by atoms with Gasteiger partial charge in [0.15, 0.2) is 0 Å². The molecule has 3 fully saturated rings. The molecule has 37 heavy (non-hydrogen) atoms. The molecule has 4 rings (SSSR count). The summed E-state index contributed by atoms with van der Waals surface area (Å²) in [6, 6.07) is 0. The average molecular weight is 515 g/mol. The topological polar surface area (TPSA) is 72.8 Å². The Morgan fingerprint density at radius 3 is 2.24 bits per heavy atom. The molecular formula is C32H50O5. The van der Waals surface area contributed by atoms with E-state index >= 15 is 0 Å². The Labute approximate surface area is 224 Å². The summed E-state index contributed by atoms with van der Waals surface area (Å²) in [4.78, 5) is 23.9. The SMILES string of the molecule is CC(=O)O[C@@H]1CC[C@@]2(C)[C@@H]3CC[C@]4(C)[C@H](CC[C@@H]4[C@H](C)/C=C/[C@H](C)C(C)C)C3=C[C@H](OC(C)=O)[C@@]2(O)C1. The first-order chi connectivity index (χ1) is 17.2. The second-order valence-corrected chi connectivity index (χ2v) is 13.7. The normalized spacial score (nSPS) is 42.9. The lowest BCUT2D eigenvalue weighted by atomic mass is 9.45. The van der Waals surface area contributed by atoms with E-state index in [1.54, 1.807) is 0 Å². The summed E-state index contributed by atoms with van der Waals surface area (Å²) < 4.78 is 11.4. The molecule has 208 valence electrons. The van der Waals surface area contributed by atoms with Gasteiger partial charge in [-0.15, -0.1) is 0 Å². The molecule has 0 aromatic heterocycles. The fourth-order valence-electron chi connectivity index (χ4n) is 8.76. The van der Waals surface area contributed by atoms with E-state index in [9.17, 15) is 14.7 Å². The predicted molar refractivity (Wildman–Crippen MR) is 145 cm³/mol. The Morgan fingerprint density at radius 1 is 0.946 bits per heavy atom. The van der Waals surface area contributed by atoms with Crippen molar-refractivity contribution in [1.82, 2.24) is 0 Å². The lowest BCUT2D eigenvalue weighted by molar-refractivity contribution is -0.225. The number of hydrogen-bond acceptors (Lipinski definition) is 5. The summed E-state index contributed by atoms with van der Waals surface area (Å²) >= 11 is 0. The summed E-state index contributed by atoms with van der Waals surface area (Å²) in [7, 11) is 0. The molecule has 0 saturated heterocycles. The van der Waals surface area contributed by atoms with Gasteiger partial charge >= 0.3 is 11.9 Å². The number of carbonyl (C=O) groups excluding carboxylic acids is 2. The molecule has 3 saturated carbocycles. The molecular weight excluding hydrogens is 464 g/mol. The second kappa shape index (κ2) is 10.2. The first-order valence-electron chi connectivity index (χ1n) is 14.7. The fourth-order valence-corrected chi connectivity index (χ4v) is 8.76. The Morgan fingerprint density at radius 2 is 1.62 bits per heavy atom. The number of fused-ring (bicyclic) bond motifs is 5. The summed E-state index contributed by atoms with van der Waals surface area (Å²) in [5.41, 5.74) is -0.0625. The molecule has 0 radical (unpaired) electrons. The van der Waals surface area contributed by atoms with E-state index in [1.165, 1.54) is 25.8 Å². The van der Waals surface area contributed by atoms with Crippen LogP contribution in [0.15, 0.2) is 23.8 Å². The number of carbonyl (C=O) groups is 2. The highest BCUT2D eigenvalue weighted by Crippen LogP contribution is 2.68. The Hall–Kier alpha value is -1.62. The summed E-state index contributed by atoms with van der Waals surface area (Å²) in [6.07, 6.45) is 12.3. The van der Waals surface area contributed by atoms with Crippen molar-refractivity contribution in [3.8, 4) is 0 Å². The third kappa shape index (κ3) is 4.83. The van der Waals surface area contributed by atoms with Gasteiger partial charge in [-0.1, -0.05) is 59.3 Å². The summed E-state index contributed by atoms with van der Waals surface area (Å²) in [5, 5.41) is 12.3. The van der Waals surface area contributed by atoms with E-state index < -0.39 is 17.1 Å². The zero-order chi connectivity index (χ0) is 27.3. The minimum atomic E-state index is -1.25. The van der Waals surface area contributed by atoms with E-state index in [-0.39, 0.29) is 29.4 Å². The van der Waals surface area contributed by atoms with Crippen molar-refractivity contribution in [2.75, 3.05) is 0 Å². The molecule has 4 aliphatic carbocycles. The van der Waals surface area contributed by atoms with Gasteiger partial charge < -0.3 is 14.6 Å². The van der Waals surface area contributed by atoms with Gasteiger partial charge in [0.1, 0.15) is 17.8 Å². The maximum absolute atomic E-state index is 12.3. The minimum absolute atomic E-state index is 0.203. The van der Waals surface area contributed by atoms with Crippen molar-refractivity contribution in [2.45, 2.75) is 118 Å². The van der Waals surface area contributed by atoms with Crippen LogP contribution in [0, 0.1) is 46.3 Å². The van der Waals surface area contributed by atoms with Crippen LogP contribution in [0.2, 0.25) is 0 Å². The highest BCUT2D eigenvalue weighted by atomic mass is 16.6. The van der Waals surface area contributed by atoms with Crippen LogP contribution in [0.4, 0.5) is 0 Å². The van der Waals surface area contributed by atoms with Crippen LogP contribution in [0.5, 0.6) is 0 Å². The van der Waals surface area contributed by atoms with E-state index in [0.717, 1.165) is 32.1 Å². The van der Waals surface area contributed by atoms with Crippen LogP contribution in [-0.4, -0.2) is 34.9 Å². The first kappa shape index (κ1) is 28.4. The maximum Gasteiger partial charge on any atom is 0.303 e. The highest BCUT2D eigenvalue weighted by molar-refractivity contribution is 5.67. The van der Waals surface area contributed by atoms with Gasteiger partial charge in [0.05, 0.1) is 0 Å². The molecule has 1 N–H and O–H groups in total. The van der Waals surface area contributed by atoms with Gasteiger partial charge in [-0.3, -0.25) is 9.59 Å². The molecule has 0 unspecified atom stereocenters. The van der Waals surface area contributed by atoms with Crippen molar-refractivity contribution >= 4 is 11.9 Å². The Balaban J connectivity index is 1.67. The molecule has 5 nitrogen and oxygen atoms in total. The van der Waals surface area contributed by atoms with Gasteiger partial charge in [-0.05, 0) is 85.5 Å². The van der Waals surface area contributed by atoms with Crippen LogP contribution in [0.3, 0.4) is 0 Å². The molecule has 0 aromatic rings. The smallest absolute Gasteiger partial charge is 0.303 e. The van der Waals surface area contributed by atoms with E-state index in [2.05, 4.69) is 59.8 Å². The maximum atomic E-state index is 12.3. The number of ether oxygens (including phenoxy) is 2. The van der Waals surface area contributed by atoms with Crippen molar-refractivity contribution in [2.24, 2.45) is 46.3 Å². The highest BCUT2D eigenvalue weighted by Gasteiger charge is 2.66. The molecule has 0 heterocycles. The van der Waals surface area contributed by atoms with Crippen LogP contribution >= 0.6 is 0 Å². The van der Waals surface area contributed by atoms with Crippen molar-refractivity contribution < 1.29 is 24.2 Å². The van der Waals surface area contributed by atoms with Crippen LogP contribution < -0.4 is 0 Å². The van der Waals surface area contributed by atoms with Gasteiger partial charge in [-0.25, -0.2) is 0 Å². The van der Waals surface area contributed by atoms with Crippen LogP contribution in [-0.2, 0) is 19.1 Å². The zero-order valence-electron chi connectivity index (χ0n) is 24.4. The molecule has 10 atom stereocenters. The third-order valence-corrected chi connectivity index (χ3v) is 11.3. The van der Waals surface area contributed by atoms with Gasteiger partial charge in [0.25, 0.3) is 0 Å². The van der Waals surface area contributed by atoms with Crippen LogP contribution in [0.1, 0.15) is 100 Å². The summed E-state index contributed by atoms with van der Waals surface area (Å²) in [6.45, 7) is 16.8. The number of aliphatic hydroxyl groups is 1. The average Bonchev–Trinajstić information content (AvgIpc) is 3.15. The monoisotopic (exact) mass is 514 g/mol. The van der Waals surface area contributed by atoms with Gasteiger partial charge in [0.2, 0.25) is 0 Å². The van der Waals surface area contributed by atoms with Crippen molar-refractivity contribution in [1.29, 1.82) is 0 Å². The van der Waals surface area contributed by atoms with E-state index in [4.69, 9.17) is 9.47 Å². The molecule has 0 aliphatic heterocycles. The molecule has 5 heteroatoms. The Kier molecular flexibility index (Phi) is 7.80. The zero-order valence-corrected chi connectivity index (χ0v) is 24.4. The van der Waals surface area contributed by atoms with Crippen molar-refractivity contribution in [3.05, 3.63) is 23.8 Å². The second-order valence-electron chi connectivity index (χ2n) is 13.7. The first-order valence-corrected chi connectivity index (χ1v) is 14.7. The molecule has 4 aliphatic rings. The number of esters is 2. The predicted octanol–water partition coefficient (Wildman–Crippen LogP) is 6.64. The lowest BCUT2D eigenvalue weighted by Gasteiger charge is -2.62. The fraction of sp³-hybridized carbons (Fsp3) is 0.812.